The first-order valence-electron chi connectivity index (χ1n) is 7.27. The molecule has 118 valence electrons. The highest BCUT2D eigenvalue weighted by atomic mass is 16.3. The summed E-state index contributed by atoms with van der Waals surface area (Å²) in [4.78, 5) is 14.3. The molecule has 2 unspecified atom stereocenters. The molecule has 0 aliphatic rings. The van der Waals surface area contributed by atoms with Crippen molar-refractivity contribution in [1.29, 1.82) is 0 Å². The van der Waals surface area contributed by atoms with E-state index >= 15 is 0 Å². The smallest absolute Gasteiger partial charge is 0.247 e. The lowest BCUT2D eigenvalue weighted by atomic mass is 10.0. The van der Waals surface area contributed by atoms with Crippen molar-refractivity contribution in [3.63, 3.8) is 0 Å². The van der Waals surface area contributed by atoms with E-state index in [4.69, 9.17) is 0 Å². The van der Waals surface area contributed by atoms with Gasteiger partial charge in [0, 0.05) is 20.0 Å². The molecule has 0 aliphatic carbocycles. The van der Waals surface area contributed by atoms with E-state index in [-0.39, 0.29) is 5.91 Å². The average Bonchev–Trinajstić information content (AvgIpc) is 3.04. The van der Waals surface area contributed by atoms with Crippen LogP contribution in [0.1, 0.15) is 24.9 Å². The van der Waals surface area contributed by atoms with E-state index in [1.165, 1.54) is 11.0 Å². The fraction of sp³-hybridized carbons (Fsp3) is 0.467. The molecule has 1 amide bonds. The summed E-state index contributed by atoms with van der Waals surface area (Å²) < 4.78 is 1.48. The van der Waals surface area contributed by atoms with Gasteiger partial charge in [-0.2, -0.15) is 0 Å². The van der Waals surface area contributed by atoms with Gasteiger partial charge >= 0.3 is 0 Å². The molecule has 1 aromatic carbocycles. The first-order chi connectivity index (χ1) is 10.6. The predicted molar refractivity (Wildman–Crippen MR) is 80.9 cm³/mol. The zero-order chi connectivity index (χ0) is 15.9. The minimum absolute atomic E-state index is 0.0724. The van der Waals surface area contributed by atoms with Gasteiger partial charge in [-0.25, -0.2) is 4.68 Å². The van der Waals surface area contributed by atoms with E-state index in [1.807, 2.05) is 30.3 Å². The lowest BCUT2D eigenvalue weighted by molar-refractivity contribution is -0.134. The second-order valence-electron chi connectivity index (χ2n) is 5.39. The van der Waals surface area contributed by atoms with Crippen LogP contribution in [0.15, 0.2) is 36.7 Å². The number of rotatable bonds is 7. The Balaban J connectivity index is 2.12. The highest BCUT2D eigenvalue weighted by Gasteiger charge is 2.25. The van der Waals surface area contributed by atoms with Gasteiger partial charge in [-0.15, -0.1) is 5.10 Å². The van der Waals surface area contributed by atoms with Crippen LogP contribution in [0.5, 0.6) is 0 Å². The minimum Gasteiger partial charge on any atom is -0.393 e. The summed E-state index contributed by atoms with van der Waals surface area (Å²) in [7, 11) is 1.73. The molecule has 1 heterocycles. The molecule has 0 fully saturated rings. The monoisotopic (exact) mass is 303 g/mol. The Morgan fingerprint density at radius 1 is 1.36 bits per heavy atom. The summed E-state index contributed by atoms with van der Waals surface area (Å²) in [6.07, 6.45) is 2.07. The molecule has 0 saturated carbocycles. The molecule has 0 bridgehead atoms. The summed E-state index contributed by atoms with van der Waals surface area (Å²) in [5, 5.41) is 20.5. The van der Waals surface area contributed by atoms with Crippen LogP contribution in [0.4, 0.5) is 0 Å². The Morgan fingerprint density at radius 2 is 2.09 bits per heavy atom. The largest absolute Gasteiger partial charge is 0.393 e. The highest BCUT2D eigenvalue weighted by molar-refractivity contribution is 5.80. The predicted octanol–water partition coefficient (Wildman–Crippen LogP) is 0.686. The van der Waals surface area contributed by atoms with Crippen LogP contribution < -0.4 is 0 Å². The third kappa shape index (κ3) is 4.36. The molecular formula is C15H21N5O2. The van der Waals surface area contributed by atoms with E-state index in [1.54, 1.807) is 18.9 Å². The zero-order valence-electron chi connectivity index (χ0n) is 12.8. The molecule has 0 saturated heterocycles. The number of hydrogen-bond acceptors (Lipinski definition) is 5. The summed E-state index contributed by atoms with van der Waals surface area (Å²) in [5.41, 5.74) is 1.04. The molecular weight excluding hydrogens is 282 g/mol. The van der Waals surface area contributed by atoms with Crippen molar-refractivity contribution in [2.24, 2.45) is 0 Å². The van der Waals surface area contributed by atoms with Gasteiger partial charge in [0.1, 0.15) is 12.4 Å². The molecule has 1 N–H and O–H groups in total. The number of aliphatic hydroxyl groups excluding tert-OH is 1. The molecule has 0 spiro atoms. The third-order valence-corrected chi connectivity index (χ3v) is 3.50. The molecule has 1 aromatic heterocycles. The topological polar surface area (TPSA) is 84.1 Å². The van der Waals surface area contributed by atoms with Crippen LogP contribution >= 0.6 is 0 Å². The van der Waals surface area contributed by atoms with Gasteiger partial charge < -0.3 is 10.0 Å². The standard InChI is InChI=1S/C15H21N5O2/c1-12(21)8-9-19(2)15(22)14(20-11-16-17-18-20)10-13-6-4-3-5-7-13/h3-7,11-12,14,21H,8-10H2,1-2H3. The lowest BCUT2D eigenvalue weighted by Gasteiger charge is -2.24. The van der Waals surface area contributed by atoms with E-state index in [2.05, 4.69) is 15.5 Å². The molecule has 0 radical (unpaired) electrons. The summed E-state index contributed by atoms with van der Waals surface area (Å²) in [5.74, 6) is -0.0724. The molecule has 0 aliphatic heterocycles. The Morgan fingerprint density at radius 3 is 2.68 bits per heavy atom. The van der Waals surface area contributed by atoms with Gasteiger partial charge in [0.15, 0.2) is 0 Å². The van der Waals surface area contributed by atoms with Gasteiger partial charge in [-0.3, -0.25) is 4.79 Å². The SMILES string of the molecule is CC(O)CCN(C)C(=O)C(Cc1ccccc1)n1cnnn1. The van der Waals surface area contributed by atoms with Crippen molar-refractivity contribution in [3.05, 3.63) is 42.2 Å². The number of tetrazole rings is 1. The van der Waals surface area contributed by atoms with Crippen LogP contribution in [-0.4, -0.2) is 55.8 Å². The lowest BCUT2D eigenvalue weighted by Crippen LogP contribution is -2.37. The van der Waals surface area contributed by atoms with Gasteiger partial charge in [-0.1, -0.05) is 30.3 Å². The molecule has 7 heteroatoms. The second-order valence-corrected chi connectivity index (χ2v) is 5.39. The van der Waals surface area contributed by atoms with Crippen molar-refractivity contribution < 1.29 is 9.90 Å². The highest BCUT2D eigenvalue weighted by Crippen LogP contribution is 2.16. The molecule has 2 aromatic rings. The number of nitrogens with zero attached hydrogens (tertiary/aromatic N) is 5. The van der Waals surface area contributed by atoms with Crippen LogP contribution in [0.25, 0.3) is 0 Å². The second kappa shape index (κ2) is 7.65. The van der Waals surface area contributed by atoms with Crippen LogP contribution in [-0.2, 0) is 11.2 Å². The first-order valence-corrected chi connectivity index (χ1v) is 7.27. The fourth-order valence-electron chi connectivity index (χ4n) is 2.19. The van der Waals surface area contributed by atoms with Gasteiger partial charge in [0.2, 0.25) is 5.91 Å². The normalized spacial score (nSPS) is 13.6. The number of likely N-dealkylation sites (N-methyl/N-ethyl adjacent to an activating group) is 1. The summed E-state index contributed by atoms with van der Waals surface area (Å²) in [6.45, 7) is 2.20. The van der Waals surface area contributed by atoms with Crippen LogP contribution in [0.3, 0.4) is 0 Å². The zero-order valence-corrected chi connectivity index (χ0v) is 12.8. The van der Waals surface area contributed by atoms with Crippen LogP contribution in [0, 0.1) is 0 Å². The Kier molecular flexibility index (Phi) is 5.60. The number of carbonyl (C=O) groups excluding carboxylic acids is 1. The van der Waals surface area contributed by atoms with E-state index in [0.29, 0.717) is 19.4 Å². The van der Waals surface area contributed by atoms with Crippen molar-refractivity contribution >= 4 is 5.91 Å². The maximum Gasteiger partial charge on any atom is 0.247 e. The average molecular weight is 303 g/mol. The molecule has 2 atom stereocenters. The first kappa shape index (κ1) is 16.1. The van der Waals surface area contributed by atoms with Gasteiger partial charge in [0.25, 0.3) is 0 Å². The number of amides is 1. The number of benzene rings is 1. The molecule has 22 heavy (non-hydrogen) atoms. The molecule has 7 nitrogen and oxygen atoms in total. The number of aromatic nitrogens is 4. The Bertz CT molecular complexity index is 571. The van der Waals surface area contributed by atoms with Crippen molar-refractivity contribution in [1.82, 2.24) is 25.1 Å². The number of carbonyl (C=O) groups is 1. The van der Waals surface area contributed by atoms with Gasteiger partial charge in [0.05, 0.1) is 6.10 Å². The van der Waals surface area contributed by atoms with Crippen molar-refractivity contribution in [3.8, 4) is 0 Å². The quantitative estimate of drug-likeness (QED) is 0.813. The Labute approximate surface area is 129 Å². The van der Waals surface area contributed by atoms with Crippen molar-refractivity contribution in [2.75, 3.05) is 13.6 Å². The number of hydrogen-bond donors (Lipinski definition) is 1. The van der Waals surface area contributed by atoms with Gasteiger partial charge in [-0.05, 0) is 29.3 Å². The minimum atomic E-state index is -0.489. The van der Waals surface area contributed by atoms with Crippen LogP contribution in [0.2, 0.25) is 0 Å². The van der Waals surface area contributed by atoms with E-state index in [0.717, 1.165) is 5.56 Å². The molecule has 2 rings (SSSR count). The van der Waals surface area contributed by atoms with Crippen molar-refractivity contribution in [2.45, 2.75) is 31.9 Å². The maximum atomic E-state index is 12.7. The fourth-order valence-corrected chi connectivity index (χ4v) is 2.19. The Hall–Kier alpha value is -2.28. The summed E-state index contributed by atoms with van der Waals surface area (Å²) >= 11 is 0. The van der Waals surface area contributed by atoms with E-state index in [9.17, 15) is 9.90 Å². The maximum absolute atomic E-state index is 12.7. The van der Waals surface area contributed by atoms with E-state index < -0.39 is 12.1 Å². The third-order valence-electron chi connectivity index (χ3n) is 3.50. The number of aliphatic hydroxyl groups is 1. The summed E-state index contributed by atoms with van der Waals surface area (Å²) in [6, 6.07) is 9.27.